The van der Waals surface area contributed by atoms with Crippen molar-refractivity contribution in [3.8, 4) is 28.3 Å². The number of imidazole rings is 1. The van der Waals surface area contributed by atoms with Crippen molar-refractivity contribution in [3.63, 3.8) is 0 Å². The predicted octanol–water partition coefficient (Wildman–Crippen LogP) is 12.5. The van der Waals surface area contributed by atoms with Gasteiger partial charge in [-0.25, -0.2) is 0 Å². The zero-order chi connectivity index (χ0) is 37.4. The summed E-state index contributed by atoms with van der Waals surface area (Å²) in [6, 6.07) is 42.2. The molecule has 55 heavy (non-hydrogen) atoms. The standard InChI is InChI=1S/C28H21N2O.C21H28NSi.Ir/c1-17-15-18(2)26(19(3)16-17)30-24-13-6-5-12-23(24)29-28(30)22-11-8-10-21-20-9-4-7-14-25(20)31-27(21)22;1-23(2,3)21-16-22-20(18-12-8-5-9-13-18)15-19(21)14-17-10-6-4-7-11-17;/h4-10,12-16H,1-3H3;5,8-9,12,15-17H,4,6-7,10-11,14H2,1-3H3;/q2*-1;. The molecule has 0 spiro atoms. The van der Waals surface area contributed by atoms with Crippen LogP contribution in [0.25, 0.3) is 61.3 Å². The average molecular weight is 916 g/mol. The van der Waals surface area contributed by atoms with E-state index < -0.39 is 8.07 Å². The number of aromatic nitrogens is 3. The van der Waals surface area contributed by atoms with Crippen molar-refractivity contribution < 1.29 is 24.5 Å². The number of hydrogen-bond acceptors (Lipinski definition) is 3. The van der Waals surface area contributed by atoms with Crippen LogP contribution in [0.1, 0.15) is 54.4 Å². The average Bonchev–Trinajstić information content (AvgIpc) is 3.74. The van der Waals surface area contributed by atoms with Gasteiger partial charge in [-0.3, -0.25) is 4.98 Å². The molecule has 8 aromatic rings. The Balaban J connectivity index is 0.000000174. The monoisotopic (exact) mass is 916 g/mol. The number of nitrogens with zero attached hydrogens (tertiary/aromatic N) is 3. The van der Waals surface area contributed by atoms with Gasteiger partial charge in [0.1, 0.15) is 5.58 Å². The molecule has 3 aromatic heterocycles. The summed E-state index contributed by atoms with van der Waals surface area (Å²) in [5, 5.41) is 3.74. The van der Waals surface area contributed by atoms with Crippen LogP contribution in [0.5, 0.6) is 0 Å². The number of rotatable bonds is 6. The number of para-hydroxylation sites is 3. The van der Waals surface area contributed by atoms with Crippen LogP contribution in [0.15, 0.2) is 114 Å². The quantitative estimate of drug-likeness (QED) is 0.123. The first-order valence-electron chi connectivity index (χ1n) is 19.5. The smallest absolute Gasteiger partial charge is 0.120 e. The van der Waals surface area contributed by atoms with E-state index >= 15 is 0 Å². The maximum Gasteiger partial charge on any atom is 0.120 e. The van der Waals surface area contributed by atoms with Gasteiger partial charge in [-0.05, 0) is 73.3 Å². The third kappa shape index (κ3) is 7.91. The van der Waals surface area contributed by atoms with Crippen molar-refractivity contribution in [2.45, 2.75) is 78.9 Å². The fourth-order valence-corrected chi connectivity index (χ4v) is 10.1. The van der Waals surface area contributed by atoms with Crippen LogP contribution >= 0.6 is 0 Å². The molecule has 0 saturated heterocycles. The molecule has 4 nitrogen and oxygen atoms in total. The van der Waals surface area contributed by atoms with Gasteiger partial charge >= 0.3 is 0 Å². The maximum atomic E-state index is 6.32. The van der Waals surface area contributed by atoms with Gasteiger partial charge in [0.05, 0.1) is 30.5 Å². The summed E-state index contributed by atoms with van der Waals surface area (Å²) in [6.07, 6.45) is 10.5. The summed E-state index contributed by atoms with van der Waals surface area (Å²) >= 11 is 0. The van der Waals surface area contributed by atoms with Gasteiger partial charge in [0.15, 0.2) is 0 Å². The number of furan rings is 1. The van der Waals surface area contributed by atoms with Crippen molar-refractivity contribution >= 4 is 46.2 Å². The molecular weight excluding hydrogens is 867 g/mol. The van der Waals surface area contributed by atoms with Gasteiger partial charge in [-0.1, -0.05) is 122 Å². The van der Waals surface area contributed by atoms with Crippen LogP contribution in [-0.2, 0) is 26.5 Å². The molecule has 0 amide bonds. The van der Waals surface area contributed by atoms with Gasteiger partial charge in [0.25, 0.3) is 0 Å². The Bertz CT molecular complexity index is 2570. The molecular formula is C49H49IrN3OSi-2. The molecule has 1 fully saturated rings. The first-order chi connectivity index (χ1) is 26.2. The predicted molar refractivity (Wildman–Crippen MR) is 229 cm³/mol. The van der Waals surface area contributed by atoms with Gasteiger partial charge < -0.3 is 14.0 Å². The molecule has 0 bridgehead atoms. The summed E-state index contributed by atoms with van der Waals surface area (Å²) in [5.74, 6) is 1.72. The van der Waals surface area contributed by atoms with Crippen LogP contribution in [0, 0.1) is 38.8 Å². The van der Waals surface area contributed by atoms with Crippen LogP contribution in [-0.4, -0.2) is 22.6 Å². The fourth-order valence-electron chi connectivity index (χ4n) is 8.55. The number of aryl methyl sites for hydroxylation is 3. The minimum absolute atomic E-state index is 0. The van der Waals surface area contributed by atoms with E-state index in [1.165, 1.54) is 55.2 Å². The first kappa shape index (κ1) is 38.7. The molecule has 0 atom stereocenters. The summed E-state index contributed by atoms with van der Waals surface area (Å²) < 4.78 is 8.58. The van der Waals surface area contributed by atoms with Gasteiger partial charge in [0, 0.05) is 37.4 Å². The van der Waals surface area contributed by atoms with E-state index in [2.05, 4.69) is 124 Å². The molecule has 0 N–H and O–H groups in total. The van der Waals surface area contributed by atoms with Gasteiger partial charge in [-0.2, -0.15) is 0 Å². The minimum Gasteiger partial charge on any atom is -0.501 e. The second kappa shape index (κ2) is 16.2. The Kier molecular flexibility index (Phi) is 11.4. The topological polar surface area (TPSA) is 43.9 Å². The molecule has 0 unspecified atom stereocenters. The van der Waals surface area contributed by atoms with E-state index in [4.69, 9.17) is 14.4 Å². The Morgan fingerprint density at radius 2 is 1.51 bits per heavy atom. The van der Waals surface area contributed by atoms with E-state index in [-0.39, 0.29) is 20.1 Å². The van der Waals surface area contributed by atoms with E-state index in [1.807, 2.05) is 42.5 Å². The van der Waals surface area contributed by atoms with Gasteiger partial charge in [-0.15, -0.1) is 54.1 Å². The Hall–Kier alpha value is -4.61. The summed E-state index contributed by atoms with van der Waals surface area (Å²) in [6.45, 7) is 13.8. The second-order valence-electron chi connectivity index (χ2n) is 16.2. The maximum absolute atomic E-state index is 6.32. The van der Waals surface area contributed by atoms with E-state index in [1.54, 1.807) is 10.8 Å². The van der Waals surface area contributed by atoms with E-state index in [0.717, 1.165) is 67.2 Å². The number of hydrogen-bond donors (Lipinski definition) is 0. The van der Waals surface area contributed by atoms with Crippen molar-refractivity contribution in [1.29, 1.82) is 0 Å². The first-order valence-corrected chi connectivity index (χ1v) is 23.0. The van der Waals surface area contributed by atoms with Crippen molar-refractivity contribution in [2.75, 3.05) is 0 Å². The van der Waals surface area contributed by atoms with E-state index in [9.17, 15) is 0 Å². The summed E-state index contributed by atoms with van der Waals surface area (Å²) in [4.78, 5) is 9.83. The Morgan fingerprint density at radius 3 is 2.25 bits per heavy atom. The van der Waals surface area contributed by atoms with E-state index in [0.29, 0.717) is 0 Å². The molecule has 9 rings (SSSR count). The normalized spacial score (nSPS) is 13.5. The molecule has 1 aliphatic carbocycles. The van der Waals surface area contributed by atoms with Crippen LogP contribution in [0.2, 0.25) is 19.6 Å². The fraction of sp³-hybridized carbons (Fsp3) is 0.265. The molecule has 1 saturated carbocycles. The van der Waals surface area contributed by atoms with Crippen molar-refractivity contribution in [3.05, 3.63) is 144 Å². The number of benzene rings is 5. The Morgan fingerprint density at radius 1 is 0.782 bits per heavy atom. The van der Waals surface area contributed by atoms with Crippen LogP contribution in [0.4, 0.5) is 0 Å². The molecule has 1 aliphatic rings. The van der Waals surface area contributed by atoms with Gasteiger partial charge in [0.2, 0.25) is 0 Å². The molecule has 5 aromatic carbocycles. The minimum atomic E-state index is -1.36. The molecule has 3 heterocycles. The van der Waals surface area contributed by atoms with Crippen molar-refractivity contribution in [2.24, 2.45) is 5.92 Å². The zero-order valence-electron chi connectivity index (χ0n) is 32.8. The van der Waals surface area contributed by atoms with Crippen LogP contribution < -0.4 is 5.19 Å². The van der Waals surface area contributed by atoms with Crippen LogP contribution in [0.3, 0.4) is 0 Å². The SMILES string of the molecule is C[Si](C)(C)c1cnc(-c2[c-]cccc2)cc1CC1CCCCC1.Cc1cc(C)c(-n2c(-c3[c-]ccc4c3oc3ccccc34)nc3ccccc32)c(C)c1.[Ir]. The molecule has 1 radical (unpaired) electrons. The molecule has 0 aliphatic heterocycles. The van der Waals surface area contributed by atoms with Crippen molar-refractivity contribution in [1.82, 2.24) is 14.5 Å². The third-order valence-corrected chi connectivity index (χ3v) is 13.1. The molecule has 6 heteroatoms. The molecule has 281 valence electrons. The zero-order valence-corrected chi connectivity index (χ0v) is 36.2. The second-order valence-corrected chi connectivity index (χ2v) is 21.2. The largest absolute Gasteiger partial charge is 0.501 e. The Labute approximate surface area is 340 Å². The summed E-state index contributed by atoms with van der Waals surface area (Å²) in [7, 11) is -1.36. The third-order valence-electron chi connectivity index (χ3n) is 11.0. The number of fused-ring (bicyclic) bond motifs is 4. The number of pyridine rings is 1. The summed E-state index contributed by atoms with van der Waals surface area (Å²) in [5.41, 5.74) is 13.2.